The van der Waals surface area contributed by atoms with Gasteiger partial charge in [0, 0.05) is 27.7 Å². The summed E-state index contributed by atoms with van der Waals surface area (Å²) in [4.78, 5) is 29.2. The van der Waals surface area contributed by atoms with E-state index in [9.17, 15) is 18.0 Å². The number of sulfonamides is 1. The second kappa shape index (κ2) is 14.6. The molecule has 0 aromatic heterocycles. The van der Waals surface area contributed by atoms with Gasteiger partial charge in [-0.1, -0.05) is 91.3 Å². The van der Waals surface area contributed by atoms with E-state index in [4.69, 9.17) is 34.8 Å². The van der Waals surface area contributed by atoms with Gasteiger partial charge in [-0.15, -0.1) is 0 Å². The Hall–Kier alpha value is -2.78. The summed E-state index contributed by atoms with van der Waals surface area (Å²) in [6.07, 6.45) is 5.36. The van der Waals surface area contributed by atoms with Gasteiger partial charge in [0.25, 0.3) is 10.0 Å². The van der Waals surface area contributed by atoms with E-state index in [0.29, 0.717) is 11.4 Å². The normalized spacial score (nSPS) is 14.7. The first-order chi connectivity index (χ1) is 20.1. The van der Waals surface area contributed by atoms with E-state index in [-0.39, 0.29) is 39.1 Å². The molecule has 1 atom stereocenters. The van der Waals surface area contributed by atoms with Crippen molar-refractivity contribution in [2.45, 2.75) is 69.0 Å². The standard InChI is InChI=1S/C31H34Cl3N3O4S/c1-2-29(31(39)35-26-9-5-3-6-10-26)36(20-22-13-15-23(32)16-14-22)30(38)21-37(27-18-24(33)17-25(34)19-27)42(40,41)28-11-7-4-8-12-28/h4,7-8,11-19,26,29H,2-3,5-6,9-10,20-21H2,1H3,(H,35,39)/t29-/m0/s1. The zero-order valence-corrected chi connectivity index (χ0v) is 26.4. The number of hydrogen-bond donors (Lipinski definition) is 1. The Bertz CT molecular complexity index is 1460. The van der Waals surface area contributed by atoms with Gasteiger partial charge in [0.1, 0.15) is 12.6 Å². The van der Waals surface area contributed by atoms with E-state index >= 15 is 0 Å². The molecule has 3 aromatic carbocycles. The largest absolute Gasteiger partial charge is 0.352 e. The van der Waals surface area contributed by atoms with Crippen LogP contribution in [-0.2, 0) is 26.2 Å². The van der Waals surface area contributed by atoms with Gasteiger partial charge in [-0.2, -0.15) is 0 Å². The first-order valence-corrected chi connectivity index (χ1v) is 16.5. The van der Waals surface area contributed by atoms with Gasteiger partial charge in [0.15, 0.2) is 0 Å². The molecule has 0 spiro atoms. The van der Waals surface area contributed by atoms with Gasteiger partial charge in [0.2, 0.25) is 11.8 Å². The van der Waals surface area contributed by atoms with Crippen LogP contribution in [0.3, 0.4) is 0 Å². The molecule has 0 bridgehead atoms. The number of hydrogen-bond acceptors (Lipinski definition) is 4. The smallest absolute Gasteiger partial charge is 0.264 e. The van der Waals surface area contributed by atoms with Crippen LogP contribution >= 0.6 is 34.8 Å². The summed E-state index contributed by atoms with van der Waals surface area (Å²) in [6, 6.07) is 18.4. The molecule has 3 aromatic rings. The summed E-state index contributed by atoms with van der Waals surface area (Å²) >= 11 is 18.6. The average molecular weight is 651 g/mol. The highest BCUT2D eigenvalue weighted by atomic mass is 35.5. The van der Waals surface area contributed by atoms with E-state index in [0.717, 1.165) is 42.0 Å². The molecule has 0 saturated heterocycles. The number of benzene rings is 3. The lowest BCUT2D eigenvalue weighted by atomic mass is 9.95. The fourth-order valence-electron chi connectivity index (χ4n) is 5.18. The average Bonchev–Trinajstić information content (AvgIpc) is 2.97. The molecule has 1 aliphatic carbocycles. The number of amides is 2. The molecule has 1 fully saturated rings. The highest BCUT2D eigenvalue weighted by Gasteiger charge is 2.34. The molecule has 11 heteroatoms. The topological polar surface area (TPSA) is 86.8 Å². The van der Waals surface area contributed by atoms with E-state index in [1.54, 1.807) is 42.5 Å². The zero-order valence-electron chi connectivity index (χ0n) is 23.3. The Labute approximate surface area is 262 Å². The zero-order chi connectivity index (χ0) is 30.3. The lowest BCUT2D eigenvalue weighted by Crippen LogP contribution is -2.54. The van der Waals surface area contributed by atoms with Crippen molar-refractivity contribution in [3.8, 4) is 0 Å². The van der Waals surface area contributed by atoms with Crippen molar-refractivity contribution in [1.82, 2.24) is 10.2 Å². The Kier molecular flexibility index (Phi) is 11.2. The minimum atomic E-state index is -4.22. The van der Waals surface area contributed by atoms with Crippen molar-refractivity contribution in [2.24, 2.45) is 0 Å². The molecule has 7 nitrogen and oxygen atoms in total. The number of halogens is 3. The SMILES string of the molecule is CC[C@@H](C(=O)NC1CCCCC1)N(Cc1ccc(Cl)cc1)C(=O)CN(c1cc(Cl)cc(Cl)c1)S(=O)(=O)c1ccccc1. The highest BCUT2D eigenvalue weighted by molar-refractivity contribution is 7.92. The maximum absolute atomic E-state index is 14.2. The molecule has 0 heterocycles. The molecule has 1 saturated carbocycles. The minimum absolute atomic E-state index is 0.000215. The second-order valence-corrected chi connectivity index (χ2v) is 13.5. The first-order valence-electron chi connectivity index (χ1n) is 14.0. The fourth-order valence-corrected chi connectivity index (χ4v) is 7.24. The maximum Gasteiger partial charge on any atom is 0.264 e. The molecule has 224 valence electrons. The van der Waals surface area contributed by atoms with E-state index in [2.05, 4.69) is 5.32 Å². The quantitative estimate of drug-likeness (QED) is 0.240. The third kappa shape index (κ3) is 8.19. The third-order valence-electron chi connectivity index (χ3n) is 7.35. The third-order valence-corrected chi connectivity index (χ3v) is 9.83. The lowest BCUT2D eigenvalue weighted by molar-refractivity contribution is -0.140. The molecule has 4 rings (SSSR count). The number of nitrogens with zero attached hydrogens (tertiary/aromatic N) is 2. The minimum Gasteiger partial charge on any atom is -0.352 e. The van der Waals surface area contributed by atoms with Gasteiger partial charge in [-0.25, -0.2) is 8.42 Å². The van der Waals surface area contributed by atoms with Crippen molar-refractivity contribution in [1.29, 1.82) is 0 Å². The predicted octanol–water partition coefficient (Wildman–Crippen LogP) is 7.10. The van der Waals surface area contributed by atoms with Crippen molar-refractivity contribution in [3.63, 3.8) is 0 Å². The van der Waals surface area contributed by atoms with Crippen LogP contribution in [0.1, 0.15) is 51.0 Å². The van der Waals surface area contributed by atoms with Gasteiger partial charge >= 0.3 is 0 Å². The molecule has 42 heavy (non-hydrogen) atoms. The Balaban J connectivity index is 1.71. The number of carbonyl (C=O) groups is 2. The Morgan fingerprint density at radius 2 is 1.50 bits per heavy atom. The molecular formula is C31H34Cl3N3O4S. The molecule has 0 aliphatic heterocycles. The van der Waals surface area contributed by atoms with Crippen LogP contribution in [0.5, 0.6) is 0 Å². The van der Waals surface area contributed by atoms with Gasteiger partial charge in [-0.3, -0.25) is 13.9 Å². The Morgan fingerprint density at radius 1 is 0.881 bits per heavy atom. The first kappa shape index (κ1) is 32.1. The van der Waals surface area contributed by atoms with Crippen molar-refractivity contribution in [3.05, 3.63) is 93.4 Å². The summed E-state index contributed by atoms with van der Waals surface area (Å²) in [7, 11) is -4.22. The van der Waals surface area contributed by atoms with Crippen molar-refractivity contribution >= 4 is 62.3 Å². The van der Waals surface area contributed by atoms with E-state index < -0.39 is 28.5 Å². The Morgan fingerprint density at radius 3 is 2.10 bits per heavy atom. The monoisotopic (exact) mass is 649 g/mol. The summed E-state index contributed by atoms with van der Waals surface area (Å²) in [5.41, 5.74) is 0.885. The highest BCUT2D eigenvalue weighted by Crippen LogP contribution is 2.30. The lowest BCUT2D eigenvalue weighted by Gasteiger charge is -2.34. The summed E-state index contributed by atoms with van der Waals surface area (Å²) in [5.74, 6) is -0.804. The summed E-state index contributed by atoms with van der Waals surface area (Å²) in [5, 5.41) is 4.11. The van der Waals surface area contributed by atoms with Crippen LogP contribution in [0.15, 0.2) is 77.7 Å². The maximum atomic E-state index is 14.2. The van der Waals surface area contributed by atoms with Crippen LogP contribution in [0.2, 0.25) is 15.1 Å². The molecule has 1 N–H and O–H groups in total. The number of anilines is 1. The van der Waals surface area contributed by atoms with Gasteiger partial charge in [0.05, 0.1) is 10.6 Å². The van der Waals surface area contributed by atoms with Gasteiger partial charge in [-0.05, 0) is 67.3 Å². The van der Waals surface area contributed by atoms with Crippen LogP contribution in [0.4, 0.5) is 5.69 Å². The molecule has 2 amide bonds. The van der Waals surface area contributed by atoms with E-state index in [1.165, 1.54) is 35.2 Å². The van der Waals surface area contributed by atoms with Gasteiger partial charge < -0.3 is 10.2 Å². The number of rotatable bonds is 11. The second-order valence-electron chi connectivity index (χ2n) is 10.4. The van der Waals surface area contributed by atoms with Crippen LogP contribution < -0.4 is 9.62 Å². The number of nitrogens with one attached hydrogen (secondary N) is 1. The molecule has 1 aliphatic rings. The van der Waals surface area contributed by atoms with Crippen molar-refractivity contribution in [2.75, 3.05) is 10.8 Å². The number of carbonyl (C=O) groups excluding carboxylic acids is 2. The predicted molar refractivity (Wildman–Crippen MR) is 169 cm³/mol. The molecular weight excluding hydrogens is 617 g/mol. The summed E-state index contributed by atoms with van der Waals surface area (Å²) in [6.45, 7) is 1.35. The van der Waals surface area contributed by atoms with Crippen LogP contribution in [0, 0.1) is 0 Å². The van der Waals surface area contributed by atoms with E-state index in [1.807, 2.05) is 6.92 Å². The molecule has 0 radical (unpaired) electrons. The summed E-state index contributed by atoms with van der Waals surface area (Å²) < 4.78 is 28.8. The fraction of sp³-hybridized carbons (Fsp3) is 0.355. The van der Waals surface area contributed by atoms with Crippen LogP contribution in [0.25, 0.3) is 0 Å². The van der Waals surface area contributed by atoms with Crippen LogP contribution in [-0.4, -0.2) is 43.8 Å². The molecule has 0 unspecified atom stereocenters. The van der Waals surface area contributed by atoms with Crippen molar-refractivity contribution < 1.29 is 18.0 Å².